The average molecular weight is 239 g/mol. The molecule has 0 aliphatic rings. The van der Waals surface area contributed by atoms with E-state index in [1.807, 2.05) is 31.2 Å². The Balaban J connectivity index is 2.50. The number of rotatable bonds is 2. The molecule has 1 heterocycles. The van der Waals surface area contributed by atoms with Gasteiger partial charge in [-0.3, -0.25) is 0 Å². The lowest BCUT2D eigenvalue weighted by Gasteiger charge is -1.97. The van der Waals surface area contributed by atoms with Crippen LogP contribution >= 0.6 is 22.9 Å². The van der Waals surface area contributed by atoms with Crippen LogP contribution in [-0.4, -0.2) is 4.98 Å². The molecule has 2 N–H and O–H groups in total. The monoisotopic (exact) mass is 238 g/mol. The number of aryl methyl sites for hydroxylation is 1. The van der Waals surface area contributed by atoms with Gasteiger partial charge in [0.1, 0.15) is 10.0 Å². The topological polar surface area (TPSA) is 38.9 Å². The third-order valence-electron chi connectivity index (χ3n) is 2.17. The first-order chi connectivity index (χ1) is 7.22. The van der Waals surface area contributed by atoms with Gasteiger partial charge in [0, 0.05) is 5.56 Å². The molecule has 15 heavy (non-hydrogen) atoms. The lowest BCUT2D eigenvalue weighted by Crippen LogP contribution is -1.87. The van der Waals surface area contributed by atoms with Crippen LogP contribution in [-0.2, 0) is 6.42 Å². The summed E-state index contributed by atoms with van der Waals surface area (Å²) in [7, 11) is 0. The van der Waals surface area contributed by atoms with Crippen molar-refractivity contribution in [2.45, 2.75) is 13.3 Å². The fraction of sp³-hybridized carbons (Fsp3) is 0.182. The first kappa shape index (κ1) is 10.5. The van der Waals surface area contributed by atoms with E-state index >= 15 is 0 Å². The Bertz CT molecular complexity index is 479. The highest BCUT2D eigenvalue weighted by molar-refractivity contribution is 7.19. The molecule has 0 saturated carbocycles. The van der Waals surface area contributed by atoms with E-state index in [0.717, 1.165) is 27.7 Å². The van der Waals surface area contributed by atoms with Crippen molar-refractivity contribution in [2.75, 3.05) is 5.73 Å². The lowest BCUT2D eigenvalue weighted by atomic mass is 10.2. The normalized spacial score (nSPS) is 10.5. The third-order valence-corrected chi connectivity index (χ3v) is 3.46. The molecule has 0 amide bonds. The highest BCUT2D eigenvalue weighted by Crippen LogP contribution is 2.34. The molecule has 0 fully saturated rings. The van der Waals surface area contributed by atoms with Gasteiger partial charge in [0.05, 0.1) is 10.7 Å². The van der Waals surface area contributed by atoms with Crippen molar-refractivity contribution >= 4 is 27.9 Å². The van der Waals surface area contributed by atoms with Crippen LogP contribution in [0.25, 0.3) is 10.6 Å². The van der Waals surface area contributed by atoms with E-state index < -0.39 is 0 Å². The van der Waals surface area contributed by atoms with Gasteiger partial charge in [-0.25, -0.2) is 4.98 Å². The summed E-state index contributed by atoms with van der Waals surface area (Å²) >= 11 is 7.58. The van der Waals surface area contributed by atoms with E-state index in [1.54, 1.807) is 0 Å². The van der Waals surface area contributed by atoms with Gasteiger partial charge in [0.25, 0.3) is 0 Å². The van der Waals surface area contributed by atoms with E-state index in [-0.39, 0.29) is 0 Å². The first-order valence-corrected chi connectivity index (χ1v) is 5.92. The minimum atomic E-state index is 0.717. The van der Waals surface area contributed by atoms with Crippen molar-refractivity contribution in [3.8, 4) is 10.6 Å². The van der Waals surface area contributed by atoms with Crippen molar-refractivity contribution in [2.24, 2.45) is 0 Å². The first-order valence-electron chi connectivity index (χ1n) is 4.72. The fourth-order valence-corrected chi connectivity index (χ4v) is 2.61. The summed E-state index contributed by atoms with van der Waals surface area (Å²) in [4.78, 5) is 4.47. The molecule has 4 heteroatoms. The van der Waals surface area contributed by atoms with Gasteiger partial charge in [-0.2, -0.15) is 0 Å². The number of hydrogen-bond donors (Lipinski definition) is 1. The molecule has 78 valence electrons. The van der Waals surface area contributed by atoms with Gasteiger partial charge in [0.15, 0.2) is 0 Å². The van der Waals surface area contributed by atoms with Crippen LogP contribution in [0.5, 0.6) is 0 Å². The Morgan fingerprint density at radius 3 is 2.73 bits per heavy atom. The molecule has 0 saturated heterocycles. The molecule has 0 bridgehead atoms. The molecule has 0 spiro atoms. The summed E-state index contributed by atoms with van der Waals surface area (Å²) < 4.78 is 0. The summed E-state index contributed by atoms with van der Waals surface area (Å²) in [6, 6.07) is 7.67. The second-order valence-electron chi connectivity index (χ2n) is 3.16. The number of nitrogens with two attached hydrogens (primary N) is 1. The predicted molar refractivity (Wildman–Crippen MR) is 66.4 cm³/mol. The van der Waals surface area contributed by atoms with Crippen LogP contribution in [0.3, 0.4) is 0 Å². The molecule has 0 radical (unpaired) electrons. The van der Waals surface area contributed by atoms with Crippen molar-refractivity contribution in [3.63, 3.8) is 0 Å². The Labute approximate surface area is 97.7 Å². The summed E-state index contributed by atoms with van der Waals surface area (Å²) in [5.74, 6) is 0. The number of aromatic nitrogens is 1. The van der Waals surface area contributed by atoms with Crippen LogP contribution < -0.4 is 5.73 Å². The number of benzene rings is 1. The van der Waals surface area contributed by atoms with Crippen molar-refractivity contribution in [1.82, 2.24) is 4.98 Å². The summed E-state index contributed by atoms with van der Waals surface area (Å²) in [6.45, 7) is 2.04. The number of nitrogen functional groups attached to an aromatic ring is 1. The molecular formula is C11H11ClN2S. The molecule has 0 aliphatic heterocycles. The highest BCUT2D eigenvalue weighted by atomic mass is 35.5. The van der Waals surface area contributed by atoms with E-state index in [4.69, 9.17) is 17.3 Å². The van der Waals surface area contributed by atoms with Gasteiger partial charge < -0.3 is 5.73 Å². The summed E-state index contributed by atoms with van der Waals surface area (Å²) in [5, 5.41) is 2.40. The SMILES string of the molecule is CCc1nc(-c2ccccc2Cl)sc1N. The minimum absolute atomic E-state index is 0.717. The predicted octanol–water partition coefficient (Wildman–Crippen LogP) is 3.61. The maximum absolute atomic E-state index is 6.09. The fourth-order valence-electron chi connectivity index (χ4n) is 1.37. The lowest BCUT2D eigenvalue weighted by molar-refractivity contribution is 1.07. The maximum atomic E-state index is 6.09. The molecule has 2 rings (SSSR count). The molecule has 0 unspecified atom stereocenters. The van der Waals surface area contributed by atoms with Gasteiger partial charge in [0.2, 0.25) is 0 Å². The summed E-state index contributed by atoms with van der Waals surface area (Å²) in [5.41, 5.74) is 7.76. The standard InChI is InChI=1S/C11H11ClN2S/c1-2-9-10(13)15-11(14-9)7-5-3-4-6-8(7)12/h3-6H,2,13H2,1H3. The number of hydrogen-bond acceptors (Lipinski definition) is 3. The average Bonchev–Trinajstić information content (AvgIpc) is 2.60. The van der Waals surface area contributed by atoms with Gasteiger partial charge >= 0.3 is 0 Å². The van der Waals surface area contributed by atoms with Crippen LogP contribution in [0.2, 0.25) is 5.02 Å². The largest absolute Gasteiger partial charge is 0.389 e. The zero-order chi connectivity index (χ0) is 10.8. The smallest absolute Gasteiger partial charge is 0.127 e. The van der Waals surface area contributed by atoms with Crippen LogP contribution in [0, 0.1) is 0 Å². The zero-order valence-corrected chi connectivity index (χ0v) is 9.90. The molecule has 0 atom stereocenters. The Morgan fingerprint density at radius 2 is 2.13 bits per heavy atom. The van der Waals surface area contributed by atoms with Crippen LogP contribution in [0.15, 0.2) is 24.3 Å². The number of nitrogens with zero attached hydrogens (tertiary/aromatic N) is 1. The number of thiazole rings is 1. The Hall–Kier alpha value is -1.06. The molecule has 1 aromatic heterocycles. The quantitative estimate of drug-likeness (QED) is 0.868. The van der Waals surface area contributed by atoms with Crippen LogP contribution in [0.4, 0.5) is 5.00 Å². The van der Waals surface area contributed by atoms with E-state index in [0.29, 0.717) is 5.02 Å². The number of anilines is 1. The van der Waals surface area contributed by atoms with E-state index in [2.05, 4.69) is 4.98 Å². The highest BCUT2D eigenvalue weighted by Gasteiger charge is 2.10. The maximum Gasteiger partial charge on any atom is 0.127 e. The van der Waals surface area contributed by atoms with Gasteiger partial charge in [-0.1, -0.05) is 48.1 Å². The van der Waals surface area contributed by atoms with Crippen molar-refractivity contribution in [3.05, 3.63) is 35.0 Å². The van der Waals surface area contributed by atoms with Crippen molar-refractivity contribution < 1.29 is 0 Å². The molecular weight excluding hydrogens is 228 g/mol. The number of halogens is 1. The summed E-state index contributed by atoms with van der Waals surface area (Å²) in [6.07, 6.45) is 0.854. The molecule has 2 aromatic rings. The van der Waals surface area contributed by atoms with Crippen LogP contribution in [0.1, 0.15) is 12.6 Å². The molecule has 1 aromatic carbocycles. The Morgan fingerprint density at radius 1 is 1.40 bits per heavy atom. The molecule has 0 aliphatic carbocycles. The van der Waals surface area contributed by atoms with Crippen molar-refractivity contribution in [1.29, 1.82) is 0 Å². The minimum Gasteiger partial charge on any atom is -0.389 e. The Kier molecular flexibility index (Phi) is 2.93. The van der Waals surface area contributed by atoms with E-state index in [9.17, 15) is 0 Å². The van der Waals surface area contributed by atoms with E-state index in [1.165, 1.54) is 11.3 Å². The second kappa shape index (κ2) is 4.21. The zero-order valence-electron chi connectivity index (χ0n) is 8.33. The van der Waals surface area contributed by atoms with Gasteiger partial charge in [-0.05, 0) is 12.5 Å². The van der Waals surface area contributed by atoms with Gasteiger partial charge in [-0.15, -0.1) is 0 Å². The molecule has 2 nitrogen and oxygen atoms in total. The second-order valence-corrected chi connectivity index (χ2v) is 4.60. The third kappa shape index (κ3) is 1.98.